The standard InChI is InChI=1S/C32H46NO2P/c1-31(2)26-20-13-11-9-7-5-4-6-8-10-12-14-21-27-32(3)29-24-18-19-25-30(29)35-36(31,33-32)34-28-22-16-15-17-23-28/h6,8,15-19,22-25H,4-5,7,9-14,20-21,26-27H2,1-3H3/b8-6-. The van der Waals surface area contributed by atoms with Gasteiger partial charge in [0.05, 0.1) is 10.7 Å². The van der Waals surface area contributed by atoms with Gasteiger partial charge in [0.25, 0.3) is 0 Å². The molecule has 196 valence electrons. The first-order chi connectivity index (χ1) is 17.4. The molecule has 0 fully saturated rings. The number of fused-ring (bicyclic) bond motifs is 3. The van der Waals surface area contributed by atoms with Gasteiger partial charge in [-0.25, -0.2) is 4.74 Å². The van der Waals surface area contributed by atoms with Crippen LogP contribution in [-0.2, 0) is 5.54 Å². The van der Waals surface area contributed by atoms with Crippen LogP contribution in [0, 0.1) is 0 Å². The Balaban J connectivity index is 1.71. The third kappa shape index (κ3) is 6.65. The van der Waals surface area contributed by atoms with Crippen LogP contribution >= 0.6 is 7.51 Å². The van der Waals surface area contributed by atoms with E-state index >= 15 is 0 Å². The van der Waals surface area contributed by atoms with E-state index < -0.39 is 7.51 Å². The van der Waals surface area contributed by atoms with Crippen LogP contribution in [0.5, 0.6) is 11.5 Å². The van der Waals surface area contributed by atoms with Crippen molar-refractivity contribution >= 4 is 7.51 Å². The maximum atomic E-state index is 6.95. The van der Waals surface area contributed by atoms with Gasteiger partial charge in [-0.2, -0.15) is 0 Å². The maximum Gasteiger partial charge on any atom is 0.320 e. The summed E-state index contributed by atoms with van der Waals surface area (Å²) in [6.45, 7) is 6.97. The van der Waals surface area contributed by atoms with Crippen molar-refractivity contribution in [3.63, 3.8) is 0 Å². The van der Waals surface area contributed by atoms with Gasteiger partial charge in [-0.15, -0.1) is 0 Å². The Hall–Kier alpha value is -1.99. The molecule has 2 bridgehead atoms. The lowest BCUT2D eigenvalue weighted by Crippen LogP contribution is -2.33. The molecule has 0 spiro atoms. The normalized spacial score (nSPS) is 28.6. The zero-order chi connectivity index (χ0) is 25.3. The summed E-state index contributed by atoms with van der Waals surface area (Å²) >= 11 is 0. The van der Waals surface area contributed by atoms with Crippen molar-refractivity contribution in [1.82, 2.24) is 0 Å². The molecule has 2 aliphatic rings. The lowest BCUT2D eigenvalue weighted by atomic mass is 9.87. The highest BCUT2D eigenvalue weighted by Gasteiger charge is 2.49. The fourth-order valence-electron chi connectivity index (χ4n) is 5.53. The van der Waals surface area contributed by atoms with Gasteiger partial charge in [-0.05, 0) is 77.5 Å². The number of allylic oxidation sites excluding steroid dienone is 2. The van der Waals surface area contributed by atoms with Crippen LogP contribution < -0.4 is 9.05 Å². The van der Waals surface area contributed by atoms with E-state index in [4.69, 9.17) is 13.8 Å². The van der Waals surface area contributed by atoms with Gasteiger partial charge in [0.2, 0.25) is 0 Å². The second-order valence-electron chi connectivity index (χ2n) is 11.4. The van der Waals surface area contributed by atoms with Crippen LogP contribution in [0.2, 0.25) is 0 Å². The zero-order valence-corrected chi connectivity index (χ0v) is 23.6. The molecule has 0 saturated heterocycles. The minimum Gasteiger partial charge on any atom is -0.430 e. The summed E-state index contributed by atoms with van der Waals surface area (Å²) in [5.41, 5.74) is 0.895. The van der Waals surface area contributed by atoms with Crippen molar-refractivity contribution in [2.24, 2.45) is 4.74 Å². The van der Waals surface area contributed by atoms with E-state index in [1.165, 1.54) is 69.8 Å². The van der Waals surface area contributed by atoms with Gasteiger partial charge in [0.1, 0.15) is 11.5 Å². The highest BCUT2D eigenvalue weighted by atomic mass is 31.2. The first-order valence-corrected chi connectivity index (χ1v) is 15.8. The Labute approximate surface area is 219 Å². The molecule has 4 heteroatoms. The number of hydrogen-bond acceptors (Lipinski definition) is 3. The highest BCUT2D eigenvalue weighted by molar-refractivity contribution is 7.59. The van der Waals surface area contributed by atoms with Gasteiger partial charge in [0, 0.05) is 5.56 Å². The van der Waals surface area contributed by atoms with Gasteiger partial charge in [-0.1, -0.05) is 93.5 Å². The maximum absolute atomic E-state index is 6.95. The first-order valence-electron chi connectivity index (χ1n) is 14.3. The third-order valence-corrected chi connectivity index (χ3v) is 11.3. The predicted octanol–water partition coefficient (Wildman–Crippen LogP) is 10.8. The van der Waals surface area contributed by atoms with Crippen molar-refractivity contribution in [2.75, 3.05) is 0 Å². The molecule has 36 heavy (non-hydrogen) atoms. The van der Waals surface area contributed by atoms with Gasteiger partial charge in [0.15, 0.2) is 0 Å². The molecule has 0 amide bonds. The van der Waals surface area contributed by atoms with Crippen molar-refractivity contribution in [3.8, 4) is 11.5 Å². The number of benzene rings is 2. The molecule has 3 nitrogen and oxygen atoms in total. The minimum absolute atomic E-state index is 0.190. The average molecular weight is 508 g/mol. The number of para-hydroxylation sites is 2. The summed E-state index contributed by atoms with van der Waals surface area (Å²) in [5, 5.41) is -0.190. The van der Waals surface area contributed by atoms with Gasteiger partial charge >= 0.3 is 7.51 Å². The predicted molar refractivity (Wildman–Crippen MR) is 154 cm³/mol. The van der Waals surface area contributed by atoms with E-state index in [-0.39, 0.29) is 10.7 Å². The minimum atomic E-state index is -2.67. The Morgan fingerprint density at radius 1 is 0.694 bits per heavy atom. The van der Waals surface area contributed by atoms with E-state index in [0.29, 0.717) is 0 Å². The Bertz CT molecular complexity index is 1050. The van der Waals surface area contributed by atoms with Crippen LogP contribution in [0.25, 0.3) is 0 Å². The largest absolute Gasteiger partial charge is 0.430 e. The average Bonchev–Trinajstić information content (AvgIpc) is 2.86. The molecule has 0 aliphatic carbocycles. The fraction of sp³-hybridized carbons (Fsp3) is 0.562. The van der Waals surface area contributed by atoms with Gasteiger partial charge < -0.3 is 9.05 Å². The van der Waals surface area contributed by atoms with E-state index in [0.717, 1.165) is 30.8 Å². The molecule has 2 atom stereocenters. The molecule has 2 unspecified atom stereocenters. The van der Waals surface area contributed by atoms with Crippen LogP contribution in [0.4, 0.5) is 0 Å². The molecule has 2 aliphatic heterocycles. The van der Waals surface area contributed by atoms with Gasteiger partial charge in [-0.3, -0.25) is 0 Å². The second-order valence-corrected chi connectivity index (χ2v) is 14.2. The molecular formula is C32H46NO2P. The molecular weight excluding hydrogens is 461 g/mol. The lowest BCUT2D eigenvalue weighted by molar-refractivity contribution is 0.345. The molecule has 2 aromatic carbocycles. The molecule has 2 aromatic rings. The fourth-order valence-corrected chi connectivity index (χ4v) is 8.48. The van der Waals surface area contributed by atoms with Crippen LogP contribution in [0.3, 0.4) is 0 Å². The summed E-state index contributed by atoms with van der Waals surface area (Å²) in [6, 6.07) is 18.7. The number of nitrogens with zero attached hydrogens (tertiary/aromatic N) is 1. The van der Waals surface area contributed by atoms with Crippen LogP contribution in [0.1, 0.15) is 110 Å². The first kappa shape index (κ1) is 27.1. The Kier molecular flexibility index (Phi) is 9.40. The monoisotopic (exact) mass is 507 g/mol. The summed E-state index contributed by atoms with van der Waals surface area (Å²) in [6.07, 6.45) is 20.7. The number of hydrogen-bond donors (Lipinski definition) is 0. The summed E-state index contributed by atoms with van der Waals surface area (Å²) < 4.78 is 19.5. The summed E-state index contributed by atoms with van der Waals surface area (Å²) in [7, 11) is -2.67. The van der Waals surface area contributed by atoms with E-state index in [9.17, 15) is 0 Å². The molecule has 0 N–H and O–H groups in total. The second kappa shape index (κ2) is 12.5. The molecule has 2 heterocycles. The lowest BCUT2D eigenvalue weighted by Gasteiger charge is -2.45. The zero-order valence-electron chi connectivity index (χ0n) is 22.8. The molecule has 0 aromatic heterocycles. The summed E-state index contributed by atoms with van der Waals surface area (Å²) in [4.78, 5) is 0. The quantitative estimate of drug-likeness (QED) is 0.299. The van der Waals surface area contributed by atoms with Crippen molar-refractivity contribution in [3.05, 3.63) is 72.3 Å². The van der Waals surface area contributed by atoms with E-state index in [1.54, 1.807) is 0 Å². The topological polar surface area (TPSA) is 30.8 Å². The highest BCUT2D eigenvalue weighted by Crippen LogP contribution is 2.68. The molecule has 0 radical (unpaired) electrons. The molecule has 4 rings (SSSR count). The van der Waals surface area contributed by atoms with Crippen molar-refractivity contribution < 1.29 is 9.05 Å². The van der Waals surface area contributed by atoms with Crippen LogP contribution in [0.15, 0.2) is 71.5 Å². The van der Waals surface area contributed by atoms with Crippen LogP contribution in [-0.4, -0.2) is 5.16 Å². The Morgan fingerprint density at radius 3 is 2.03 bits per heavy atom. The van der Waals surface area contributed by atoms with Crippen molar-refractivity contribution in [1.29, 1.82) is 0 Å². The van der Waals surface area contributed by atoms with E-state index in [2.05, 4.69) is 57.2 Å². The van der Waals surface area contributed by atoms with E-state index in [1.807, 2.05) is 30.3 Å². The third-order valence-electron chi connectivity index (χ3n) is 7.89. The Morgan fingerprint density at radius 2 is 1.28 bits per heavy atom. The molecule has 0 saturated carbocycles. The van der Waals surface area contributed by atoms with Crippen molar-refractivity contribution in [2.45, 2.75) is 115 Å². The smallest absolute Gasteiger partial charge is 0.320 e. The SMILES string of the molecule is CC12CCCCC/C=C\CCCCCCCCC(C)(C)P(Oc3ccccc3)(=N1)Oc1ccccc12. The summed E-state index contributed by atoms with van der Waals surface area (Å²) in [5.74, 6) is 1.82. The number of rotatable bonds is 2.